The molecule has 6 heteroatoms. The van der Waals surface area contributed by atoms with E-state index in [1.165, 1.54) is 4.68 Å². The molecule has 0 aliphatic rings. The SMILES string of the molecule is Cn1[nH]c(-c2ccc3c(c2)ncn3C)c(CN)c1=O. The fourth-order valence-corrected chi connectivity index (χ4v) is 2.32. The van der Waals surface area contributed by atoms with Gasteiger partial charge < -0.3 is 10.3 Å². The Bertz CT molecular complexity index is 808. The van der Waals surface area contributed by atoms with Crippen LogP contribution in [0, 0.1) is 0 Å². The van der Waals surface area contributed by atoms with Crippen LogP contribution in [0.25, 0.3) is 22.3 Å². The van der Waals surface area contributed by atoms with Crippen LogP contribution in [0.4, 0.5) is 0 Å². The number of benzene rings is 1. The molecule has 19 heavy (non-hydrogen) atoms. The second kappa shape index (κ2) is 4.10. The molecule has 1 aromatic carbocycles. The minimum Gasteiger partial charge on any atom is -0.334 e. The molecule has 0 saturated heterocycles. The van der Waals surface area contributed by atoms with Crippen LogP contribution >= 0.6 is 0 Å². The molecular weight excluding hydrogens is 242 g/mol. The maximum absolute atomic E-state index is 11.9. The van der Waals surface area contributed by atoms with Crippen molar-refractivity contribution in [1.82, 2.24) is 19.3 Å². The summed E-state index contributed by atoms with van der Waals surface area (Å²) in [5.74, 6) is 0. The molecule has 0 fully saturated rings. The fourth-order valence-electron chi connectivity index (χ4n) is 2.32. The van der Waals surface area contributed by atoms with Gasteiger partial charge in [0, 0.05) is 26.2 Å². The number of imidazole rings is 1. The van der Waals surface area contributed by atoms with Crippen LogP contribution in [0.15, 0.2) is 29.3 Å². The van der Waals surface area contributed by atoms with Gasteiger partial charge in [0.05, 0.1) is 28.6 Å². The number of hydrogen-bond acceptors (Lipinski definition) is 3. The smallest absolute Gasteiger partial charge is 0.271 e. The summed E-state index contributed by atoms with van der Waals surface area (Å²) in [4.78, 5) is 16.2. The highest BCUT2D eigenvalue weighted by molar-refractivity contribution is 5.81. The maximum atomic E-state index is 11.9. The summed E-state index contributed by atoms with van der Waals surface area (Å²) in [5.41, 5.74) is 9.81. The van der Waals surface area contributed by atoms with E-state index in [4.69, 9.17) is 5.73 Å². The molecule has 98 valence electrons. The van der Waals surface area contributed by atoms with Crippen molar-refractivity contribution in [3.8, 4) is 11.3 Å². The van der Waals surface area contributed by atoms with E-state index in [0.29, 0.717) is 5.56 Å². The van der Waals surface area contributed by atoms with Gasteiger partial charge in [0.25, 0.3) is 5.56 Å². The average molecular weight is 257 g/mol. The normalized spacial score (nSPS) is 11.3. The van der Waals surface area contributed by atoms with Crippen molar-refractivity contribution in [2.75, 3.05) is 0 Å². The summed E-state index contributed by atoms with van der Waals surface area (Å²) in [6.07, 6.45) is 1.77. The van der Waals surface area contributed by atoms with E-state index in [1.807, 2.05) is 29.8 Å². The van der Waals surface area contributed by atoms with Crippen LogP contribution < -0.4 is 11.3 Å². The lowest BCUT2D eigenvalue weighted by atomic mass is 10.1. The topological polar surface area (TPSA) is 81.6 Å². The van der Waals surface area contributed by atoms with Gasteiger partial charge in [0.15, 0.2) is 0 Å². The third-order valence-corrected chi connectivity index (χ3v) is 3.36. The molecule has 0 aliphatic heterocycles. The Labute approximate surface area is 109 Å². The highest BCUT2D eigenvalue weighted by Gasteiger charge is 2.13. The summed E-state index contributed by atoms with van der Waals surface area (Å²) in [5, 5.41) is 3.04. The number of hydrogen-bond donors (Lipinski definition) is 2. The van der Waals surface area contributed by atoms with Crippen LogP contribution in [0.1, 0.15) is 5.56 Å². The summed E-state index contributed by atoms with van der Waals surface area (Å²) in [6.45, 7) is 0.214. The number of aromatic nitrogens is 4. The van der Waals surface area contributed by atoms with E-state index in [1.54, 1.807) is 13.4 Å². The number of nitrogens with one attached hydrogen (secondary N) is 1. The Morgan fingerprint density at radius 2 is 2.16 bits per heavy atom. The number of aryl methyl sites for hydroxylation is 2. The van der Waals surface area contributed by atoms with Crippen LogP contribution in [0.3, 0.4) is 0 Å². The highest BCUT2D eigenvalue weighted by Crippen LogP contribution is 2.23. The molecular formula is C13H15N5O. The molecule has 0 bridgehead atoms. The Kier molecular flexibility index (Phi) is 2.53. The van der Waals surface area contributed by atoms with Gasteiger partial charge in [0.1, 0.15) is 0 Å². The first-order valence-electron chi connectivity index (χ1n) is 6.01. The lowest BCUT2D eigenvalue weighted by molar-refractivity contribution is 0.739. The number of H-pyrrole nitrogens is 1. The Balaban J connectivity index is 2.24. The van der Waals surface area contributed by atoms with Gasteiger partial charge in [-0.25, -0.2) is 4.98 Å². The maximum Gasteiger partial charge on any atom is 0.271 e. The van der Waals surface area contributed by atoms with Gasteiger partial charge in [-0.15, -0.1) is 0 Å². The fraction of sp³-hybridized carbons (Fsp3) is 0.231. The number of fused-ring (bicyclic) bond motifs is 1. The Hall–Kier alpha value is -2.34. The van der Waals surface area contributed by atoms with E-state index >= 15 is 0 Å². The zero-order chi connectivity index (χ0) is 13.6. The molecule has 0 spiro atoms. The molecule has 0 atom stereocenters. The van der Waals surface area contributed by atoms with Gasteiger partial charge in [-0.2, -0.15) is 0 Å². The monoisotopic (exact) mass is 257 g/mol. The predicted molar refractivity (Wildman–Crippen MR) is 73.6 cm³/mol. The summed E-state index contributed by atoms with van der Waals surface area (Å²) < 4.78 is 3.40. The second-order valence-corrected chi connectivity index (χ2v) is 4.59. The standard InChI is InChI=1S/C13H15N5O/c1-17-7-15-10-5-8(3-4-11(10)17)12-9(6-14)13(19)18(2)16-12/h3-5,7,16H,6,14H2,1-2H3. The zero-order valence-corrected chi connectivity index (χ0v) is 10.8. The minimum atomic E-state index is -0.0846. The third kappa shape index (κ3) is 1.68. The molecule has 0 unspecified atom stereocenters. The van der Waals surface area contributed by atoms with Crippen molar-refractivity contribution in [2.45, 2.75) is 6.54 Å². The van der Waals surface area contributed by atoms with Crippen LogP contribution in [0.5, 0.6) is 0 Å². The quantitative estimate of drug-likeness (QED) is 0.710. The number of aromatic amines is 1. The molecule has 3 N–H and O–H groups in total. The lowest BCUT2D eigenvalue weighted by Gasteiger charge is -2.01. The molecule has 3 rings (SSSR count). The lowest BCUT2D eigenvalue weighted by Crippen LogP contribution is -2.17. The average Bonchev–Trinajstić information content (AvgIpc) is 2.92. The molecule has 3 aromatic rings. The van der Waals surface area contributed by atoms with E-state index in [9.17, 15) is 4.79 Å². The van der Waals surface area contributed by atoms with Crippen molar-refractivity contribution in [2.24, 2.45) is 19.8 Å². The van der Waals surface area contributed by atoms with Crippen LogP contribution in [-0.4, -0.2) is 19.3 Å². The van der Waals surface area contributed by atoms with Crippen molar-refractivity contribution in [3.63, 3.8) is 0 Å². The van der Waals surface area contributed by atoms with Gasteiger partial charge in [-0.05, 0) is 12.1 Å². The molecule has 0 aliphatic carbocycles. The minimum absolute atomic E-state index is 0.0846. The predicted octanol–water partition coefficient (Wildman–Crippen LogP) is 0.726. The van der Waals surface area contributed by atoms with Crippen molar-refractivity contribution in [1.29, 1.82) is 0 Å². The summed E-state index contributed by atoms with van der Waals surface area (Å²) in [7, 11) is 3.63. The van der Waals surface area contributed by atoms with E-state index < -0.39 is 0 Å². The first-order chi connectivity index (χ1) is 9.11. The van der Waals surface area contributed by atoms with E-state index in [2.05, 4.69) is 10.1 Å². The van der Waals surface area contributed by atoms with Gasteiger partial charge in [-0.1, -0.05) is 6.07 Å². The van der Waals surface area contributed by atoms with Gasteiger partial charge in [0.2, 0.25) is 0 Å². The van der Waals surface area contributed by atoms with Crippen LogP contribution in [-0.2, 0) is 20.6 Å². The molecule has 6 nitrogen and oxygen atoms in total. The number of rotatable bonds is 2. The highest BCUT2D eigenvalue weighted by atomic mass is 16.1. The number of nitrogens with zero attached hydrogens (tertiary/aromatic N) is 3. The van der Waals surface area contributed by atoms with Gasteiger partial charge in [-0.3, -0.25) is 14.6 Å². The molecule has 2 heterocycles. The summed E-state index contributed by atoms with van der Waals surface area (Å²) in [6, 6.07) is 5.91. The van der Waals surface area contributed by atoms with Crippen molar-refractivity contribution in [3.05, 3.63) is 40.4 Å². The second-order valence-electron chi connectivity index (χ2n) is 4.59. The Morgan fingerprint density at radius 3 is 2.89 bits per heavy atom. The molecule has 0 amide bonds. The van der Waals surface area contributed by atoms with Crippen molar-refractivity contribution >= 4 is 11.0 Å². The first kappa shape index (κ1) is 11.7. The first-order valence-corrected chi connectivity index (χ1v) is 6.01. The molecule has 0 radical (unpaired) electrons. The third-order valence-electron chi connectivity index (χ3n) is 3.36. The van der Waals surface area contributed by atoms with E-state index in [0.717, 1.165) is 22.3 Å². The van der Waals surface area contributed by atoms with Gasteiger partial charge >= 0.3 is 0 Å². The molecule has 2 aromatic heterocycles. The van der Waals surface area contributed by atoms with Crippen molar-refractivity contribution < 1.29 is 0 Å². The van der Waals surface area contributed by atoms with E-state index in [-0.39, 0.29) is 12.1 Å². The Morgan fingerprint density at radius 1 is 1.37 bits per heavy atom. The number of nitrogens with two attached hydrogens (primary N) is 1. The zero-order valence-electron chi connectivity index (χ0n) is 10.8. The molecule has 0 saturated carbocycles. The van der Waals surface area contributed by atoms with Crippen LogP contribution in [0.2, 0.25) is 0 Å². The summed E-state index contributed by atoms with van der Waals surface area (Å²) >= 11 is 0. The largest absolute Gasteiger partial charge is 0.334 e.